The van der Waals surface area contributed by atoms with Gasteiger partial charge in [-0.05, 0) is 19.1 Å². The minimum absolute atomic E-state index is 0.535. The molecule has 0 unspecified atom stereocenters. The van der Waals surface area contributed by atoms with Gasteiger partial charge in [-0.1, -0.05) is 16.8 Å². The molecule has 0 bridgehead atoms. The molecule has 2 aromatic rings. The first kappa shape index (κ1) is 7.43. The van der Waals surface area contributed by atoms with E-state index in [1.165, 1.54) is 0 Å². The fourth-order valence-corrected chi connectivity index (χ4v) is 1.34. The molecule has 0 saturated heterocycles. The highest BCUT2D eigenvalue weighted by Crippen LogP contribution is 2.30. The molecule has 2 rings (SSSR count). The van der Waals surface area contributed by atoms with Crippen LogP contribution in [0, 0.1) is 6.92 Å². The van der Waals surface area contributed by atoms with Gasteiger partial charge < -0.3 is 10.3 Å². The maximum Gasteiger partial charge on any atom is 0.169 e. The Balaban J connectivity index is 2.96. The van der Waals surface area contributed by atoms with Crippen LogP contribution in [0.4, 0.5) is 5.69 Å². The number of halogens is 1. The van der Waals surface area contributed by atoms with Crippen LogP contribution in [0.25, 0.3) is 11.0 Å². The molecule has 1 aromatic carbocycles. The predicted molar refractivity (Wildman–Crippen MR) is 48.2 cm³/mol. The van der Waals surface area contributed by atoms with Crippen molar-refractivity contribution in [3.63, 3.8) is 0 Å². The number of anilines is 1. The molecule has 4 heteroatoms. The van der Waals surface area contributed by atoms with Gasteiger partial charge >= 0.3 is 0 Å². The molecule has 1 heterocycles. The number of hydrogen-bond donors (Lipinski definition) is 1. The zero-order valence-electron chi connectivity index (χ0n) is 6.47. The number of fused-ring (bicyclic) bond motifs is 1. The molecule has 0 spiro atoms. The van der Waals surface area contributed by atoms with Gasteiger partial charge in [0.15, 0.2) is 5.58 Å². The molecule has 0 radical (unpaired) electrons. The minimum Gasteiger partial charge on any atom is -0.397 e. The first-order valence-electron chi connectivity index (χ1n) is 3.50. The lowest BCUT2D eigenvalue weighted by atomic mass is 10.2. The standard InChI is InChI=1S/C8H7ClN2O/c1-4-7-6(12-11-4)3-2-5(9)8(7)10/h2-3H,10H2,1H3. The molecule has 0 aliphatic carbocycles. The molecule has 2 N–H and O–H groups in total. The molecule has 0 atom stereocenters. The molecule has 0 saturated carbocycles. The van der Waals surface area contributed by atoms with Crippen LogP contribution in [0.1, 0.15) is 5.69 Å². The summed E-state index contributed by atoms with van der Waals surface area (Å²) in [7, 11) is 0. The topological polar surface area (TPSA) is 52.0 Å². The molecule has 1 aromatic heterocycles. The highest BCUT2D eigenvalue weighted by molar-refractivity contribution is 6.34. The minimum atomic E-state index is 0.535. The zero-order chi connectivity index (χ0) is 8.72. The summed E-state index contributed by atoms with van der Waals surface area (Å²) in [4.78, 5) is 0. The van der Waals surface area contributed by atoms with Crippen molar-refractivity contribution in [1.29, 1.82) is 0 Å². The van der Waals surface area contributed by atoms with E-state index in [-0.39, 0.29) is 0 Å². The second-order valence-electron chi connectivity index (χ2n) is 2.60. The van der Waals surface area contributed by atoms with Crippen LogP contribution in [-0.2, 0) is 0 Å². The van der Waals surface area contributed by atoms with Crippen LogP contribution in [0.3, 0.4) is 0 Å². The van der Waals surface area contributed by atoms with Gasteiger partial charge in [0.05, 0.1) is 21.8 Å². The molecule has 0 fully saturated rings. The number of nitrogens with zero attached hydrogens (tertiary/aromatic N) is 1. The van der Waals surface area contributed by atoms with E-state index in [9.17, 15) is 0 Å². The van der Waals surface area contributed by atoms with E-state index < -0.39 is 0 Å². The second kappa shape index (κ2) is 2.38. The summed E-state index contributed by atoms with van der Waals surface area (Å²) < 4.78 is 5.00. The summed E-state index contributed by atoms with van der Waals surface area (Å²) in [6.45, 7) is 1.83. The summed E-state index contributed by atoms with van der Waals surface area (Å²) in [5.41, 5.74) is 7.71. The summed E-state index contributed by atoms with van der Waals surface area (Å²) in [5, 5.41) is 5.13. The van der Waals surface area contributed by atoms with Crippen molar-refractivity contribution in [2.45, 2.75) is 6.92 Å². The summed E-state index contributed by atoms with van der Waals surface area (Å²) in [5.74, 6) is 0. The Hall–Kier alpha value is -1.22. The van der Waals surface area contributed by atoms with Crippen LogP contribution in [0.15, 0.2) is 16.7 Å². The number of nitrogens with two attached hydrogens (primary N) is 1. The number of nitrogen functional groups attached to an aromatic ring is 1. The molecular formula is C8H7ClN2O. The maximum atomic E-state index is 5.82. The molecule has 12 heavy (non-hydrogen) atoms. The van der Waals surface area contributed by atoms with Gasteiger partial charge in [0, 0.05) is 0 Å². The van der Waals surface area contributed by atoms with Gasteiger partial charge in [0.1, 0.15) is 0 Å². The Bertz CT molecular complexity index is 436. The van der Waals surface area contributed by atoms with Crippen molar-refractivity contribution in [3.8, 4) is 0 Å². The van der Waals surface area contributed by atoms with Crippen LogP contribution in [0.5, 0.6) is 0 Å². The highest BCUT2D eigenvalue weighted by Gasteiger charge is 2.09. The first-order chi connectivity index (χ1) is 5.70. The van der Waals surface area contributed by atoms with Crippen LogP contribution >= 0.6 is 11.6 Å². The summed E-state index contributed by atoms with van der Waals surface area (Å²) in [6, 6.07) is 3.46. The fourth-order valence-electron chi connectivity index (χ4n) is 1.19. The van der Waals surface area contributed by atoms with E-state index in [0.717, 1.165) is 11.1 Å². The lowest BCUT2D eigenvalue weighted by molar-refractivity contribution is 0.450. The Kier molecular flexibility index (Phi) is 1.48. The average molecular weight is 183 g/mol. The quantitative estimate of drug-likeness (QED) is 0.637. The van der Waals surface area contributed by atoms with Crippen molar-refractivity contribution in [2.24, 2.45) is 0 Å². The third-order valence-corrected chi connectivity index (χ3v) is 2.13. The smallest absolute Gasteiger partial charge is 0.169 e. The van der Waals surface area contributed by atoms with Gasteiger partial charge in [0.25, 0.3) is 0 Å². The Labute approximate surface area is 74.1 Å². The number of hydrogen-bond acceptors (Lipinski definition) is 3. The lowest BCUT2D eigenvalue weighted by Crippen LogP contribution is -1.87. The molecule has 0 amide bonds. The maximum absolute atomic E-state index is 5.82. The molecule has 3 nitrogen and oxygen atoms in total. The first-order valence-corrected chi connectivity index (χ1v) is 3.88. The number of rotatable bonds is 0. The van der Waals surface area contributed by atoms with E-state index in [1.807, 2.05) is 6.92 Å². The van der Waals surface area contributed by atoms with Crippen molar-refractivity contribution >= 4 is 28.3 Å². The van der Waals surface area contributed by atoms with Crippen molar-refractivity contribution in [3.05, 3.63) is 22.8 Å². The van der Waals surface area contributed by atoms with Crippen molar-refractivity contribution < 1.29 is 4.52 Å². The van der Waals surface area contributed by atoms with Gasteiger partial charge in [0.2, 0.25) is 0 Å². The number of aryl methyl sites for hydroxylation is 1. The van der Waals surface area contributed by atoms with E-state index in [2.05, 4.69) is 5.16 Å². The van der Waals surface area contributed by atoms with Gasteiger partial charge in [-0.3, -0.25) is 0 Å². The zero-order valence-corrected chi connectivity index (χ0v) is 7.22. The Morgan fingerprint density at radius 1 is 1.50 bits per heavy atom. The van der Waals surface area contributed by atoms with Gasteiger partial charge in [-0.15, -0.1) is 0 Å². The van der Waals surface area contributed by atoms with Crippen LogP contribution < -0.4 is 5.73 Å². The van der Waals surface area contributed by atoms with Crippen molar-refractivity contribution in [1.82, 2.24) is 5.16 Å². The second-order valence-corrected chi connectivity index (χ2v) is 3.01. The Morgan fingerprint density at radius 3 is 3.00 bits per heavy atom. The van der Waals surface area contributed by atoms with E-state index in [4.69, 9.17) is 21.9 Å². The SMILES string of the molecule is Cc1noc2ccc(Cl)c(N)c12. The van der Waals surface area contributed by atoms with Crippen LogP contribution in [0.2, 0.25) is 5.02 Å². The largest absolute Gasteiger partial charge is 0.397 e. The van der Waals surface area contributed by atoms with E-state index in [0.29, 0.717) is 16.3 Å². The predicted octanol–water partition coefficient (Wildman–Crippen LogP) is 2.37. The summed E-state index contributed by atoms with van der Waals surface area (Å²) >= 11 is 5.82. The molecule has 62 valence electrons. The van der Waals surface area contributed by atoms with Crippen molar-refractivity contribution in [2.75, 3.05) is 5.73 Å². The fraction of sp³-hybridized carbons (Fsp3) is 0.125. The van der Waals surface area contributed by atoms with Crippen LogP contribution in [-0.4, -0.2) is 5.16 Å². The van der Waals surface area contributed by atoms with Gasteiger partial charge in [-0.25, -0.2) is 0 Å². The summed E-state index contributed by atoms with van der Waals surface area (Å²) in [6.07, 6.45) is 0. The lowest BCUT2D eigenvalue weighted by Gasteiger charge is -1.97. The number of aromatic nitrogens is 1. The average Bonchev–Trinajstić information content (AvgIpc) is 2.41. The normalized spacial score (nSPS) is 10.8. The molecular weight excluding hydrogens is 176 g/mol. The monoisotopic (exact) mass is 182 g/mol. The third kappa shape index (κ3) is 0.865. The number of benzene rings is 1. The third-order valence-electron chi connectivity index (χ3n) is 1.80. The van der Waals surface area contributed by atoms with E-state index >= 15 is 0 Å². The highest BCUT2D eigenvalue weighted by atomic mass is 35.5. The van der Waals surface area contributed by atoms with E-state index in [1.54, 1.807) is 12.1 Å². The van der Waals surface area contributed by atoms with Gasteiger partial charge in [-0.2, -0.15) is 0 Å². The molecule has 0 aliphatic rings. The Morgan fingerprint density at radius 2 is 2.25 bits per heavy atom. The molecule has 0 aliphatic heterocycles.